The van der Waals surface area contributed by atoms with E-state index in [0.717, 1.165) is 28.9 Å². The standard InChI is InChI=1S/C23H23N5O3/c1-4-21(29)28-8-7-17(13-28)27-23-20-11-16(26-22(20)24-14-25-23)6-5-15-9-18(30-2)12-19(10-15)31-3/h4,9-12,14,17H,1,7-8,13H2,2-3H3,(H2,24,25,26,27)/t17-/m0/s1. The molecule has 1 aromatic carbocycles. The van der Waals surface area contributed by atoms with E-state index in [0.29, 0.717) is 30.2 Å². The van der Waals surface area contributed by atoms with Gasteiger partial charge in [0.15, 0.2) is 0 Å². The Kier molecular flexibility index (Phi) is 5.76. The highest BCUT2D eigenvalue weighted by atomic mass is 16.5. The average molecular weight is 417 g/mol. The van der Waals surface area contributed by atoms with E-state index in [4.69, 9.17) is 9.47 Å². The molecule has 1 atom stereocenters. The molecule has 3 aromatic rings. The van der Waals surface area contributed by atoms with Crippen LogP contribution in [0.2, 0.25) is 0 Å². The fourth-order valence-corrected chi connectivity index (χ4v) is 3.54. The van der Waals surface area contributed by atoms with Crippen molar-refractivity contribution in [3.8, 4) is 23.3 Å². The van der Waals surface area contributed by atoms with Gasteiger partial charge in [0, 0.05) is 30.8 Å². The van der Waals surface area contributed by atoms with Crippen LogP contribution in [-0.2, 0) is 4.79 Å². The molecule has 8 heteroatoms. The average Bonchev–Trinajstić information content (AvgIpc) is 3.44. The van der Waals surface area contributed by atoms with Crippen LogP contribution in [0.15, 0.2) is 43.2 Å². The SMILES string of the molecule is C=CC(=O)N1CC[C@H](Nc2ncnc3[nH]c(C#Cc4cc(OC)cc(OC)c4)cc23)C1. The number of carbonyl (C=O) groups is 1. The van der Waals surface area contributed by atoms with Gasteiger partial charge in [-0.15, -0.1) is 0 Å². The number of hydrogen-bond donors (Lipinski definition) is 2. The summed E-state index contributed by atoms with van der Waals surface area (Å²) in [4.78, 5) is 25.5. The summed E-state index contributed by atoms with van der Waals surface area (Å²) in [7, 11) is 3.21. The maximum absolute atomic E-state index is 11.8. The molecule has 0 bridgehead atoms. The highest BCUT2D eigenvalue weighted by Crippen LogP contribution is 2.24. The number of hydrogen-bond acceptors (Lipinski definition) is 6. The summed E-state index contributed by atoms with van der Waals surface area (Å²) in [5, 5.41) is 4.28. The minimum absolute atomic E-state index is 0.0505. The quantitative estimate of drug-likeness (QED) is 0.490. The number of fused-ring (bicyclic) bond motifs is 1. The molecule has 1 fully saturated rings. The Hall–Kier alpha value is -3.99. The first-order valence-corrected chi connectivity index (χ1v) is 9.86. The van der Waals surface area contributed by atoms with Crippen molar-refractivity contribution in [2.45, 2.75) is 12.5 Å². The molecule has 0 spiro atoms. The van der Waals surface area contributed by atoms with Crippen LogP contribution in [0.1, 0.15) is 17.7 Å². The van der Waals surface area contributed by atoms with Crippen molar-refractivity contribution in [3.63, 3.8) is 0 Å². The summed E-state index contributed by atoms with van der Waals surface area (Å²) in [6.07, 6.45) is 3.70. The summed E-state index contributed by atoms with van der Waals surface area (Å²) in [5.74, 6) is 8.28. The number of H-pyrrole nitrogens is 1. The number of anilines is 1. The van der Waals surface area contributed by atoms with E-state index >= 15 is 0 Å². The fraction of sp³-hybridized carbons (Fsp3) is 0.261. The van der Waals surface area contributed by atoms with Crippen LogP contribution in [0.4, 0.5) is 5.82 Å². The first-order chi connectivity index (χ1) is 15.1. The van der Waals surface area contributed by atoms with Crippen molar-refractivity contribution in [1.29, 1.82) is 0 Å². The van der Waals surface area contributed by atoms with Crippen molar-refractivity contribution < 1.29 is 14.3 Å². The summed E-state index contributed by atoms with van der Waals surface area (Å²) < 4.78 is 10.6. The lowest BCUT2D eigenvalue weighted by atomic mass is 10.2. The number of benzene rings is 1. The van der Waals surface area contributed by atoms with E-state index in [1.54, 1.807) is 25.2 Å². The molecule has 31 heavy (non-hydrogen) atoms. The summed E-state index contributed by atoms with van der Waals surface area (Å²) in [5.41, 5.74) is 2.19. The zero-order valence-electron chi connectivity index (χ0n) is 17.4. The molecular formula is C23H23N5O3. The molecule has 2 N–H and O–H groups in total. The lowest BCUT2D eigenvalue weighted by Crippen LogP contribution is -2.30. The lowest BCUT2D eigenvalue weighted by molar-refractivity contribution is -0.125. The van der Waals surface area contributed by atoms with E-state index < -0.39 is 0 Å². The minimum atomic E-state index is -0.0505. The van der Waals surface area contributed by atoms with Crippen LogP contribution < -0.4 is 14.8 Å². The number of nitrogens with one attached hydrogen (secondary N) is 2. The summed E-state index contributed by atoms with van der Waals surface area (Å²) in [6, 6.07) is 7.54. The Morgan fingerprint density at radius 1 is 1.23 bits per heavy atom. The van der Waals surface area contributed by atoms with Gasteiger partial charge in [-0.05, 0) is 36.6 Å². The number of ether oxygens (including phenoxy) is 2. The maximum atomic E-state index is 11.8. The Bertz CT molecular complexity index is 1170. The normalized spacial score (nSPS) is 15.3. The highest BCUT2D eigenvalue weighted by Gasteiger charge is 2.25. The molecule has 3 heterocycles. The molecular weight excluding hydrogens is 394 g/mol. The van der Waals surface area contributed by atoms with Gasteiger partial charge in [0.1, 0.15) is 29.3 Å². The molecule has 0 radical (unpaired) electrons. The van der Waals surface area contributed by atoms with Crippen LogP contribution in [0.3, 0.4) is 0 Å². The topological polar surface area (TPSA) is 92.4 Å². The van der Waals surface area contributed by atoms with Crippen molar-refractivity contribution >= 4 is 22.8 Å². The van der Waals surface area contributed by atoms with Crippen molar-refractivity contribution in [2.24, 2.45) is 0 Å². The van der Waals surface area contributed by atoms with Crippen molar-refractivity contribution in [1.82, 2.24) is 19.9 Å². The fourth-order valence-electron chi connectivity index (χ4n) is 3.54. The minimum Gasteiger partial charge on any atom is -0.497 e. The van der Waals surface area contributed by atoms with Crippen LogP contribution in [0.5, 0.6) is 11.5 Å². The number of aromatic nitrogens is 3. The third-order valence-corrected chi connectivity index (χ3v) is 5.13. The van der Waals surface area contributed by atoms with Crippen LogP contribution >= 0.6 is 0 Å². The number of likely N-dealkylation sites (tertiary alicyclic amines) is 1. The number of aromatic amines is 1. The van der Waals surface area contributed by atoms with Gasteiger partial charge in [0.05, 0.1) is 25.3 Å². The van der Waals surface area contributed by atoms with Crippen molar-refractivity contribution in [3.05, 3.63) is 54.5 Å². The van der Waals surface area contributed by atoms with Gasteiger partial charge in [0.2, 0.25) is 5.91 Å². The molecule has 8 nitrogen and oxygen atoms in total. The second kappa shape index (κ2) is 8.79. The molecule has 1 saturated heterocycles. The number of nitrogens with zero attached hydrogens (tertiary/aromatic N) is 3. The van der Waals surface area contributed by atoms with Gasteiger partial charge in [-0.2, -0.15) is 0 Å². The summed E-state index contributed by atoms with van der Waals surface area (Å²) in [6.45, 7) is 4.87. The molecule has 1 aliphatic rings. The maximum Gasteiger partial charge on any atom is 0.246 e. The first kappa shape index (κ1) is 20.3. The van der Waals surface area contributed by atoms with E-state index in [-0.39, 0.29) is 11.9 Å². The zero-order chi connectivity index (χ0) is 21.8. The molecule has 1 aliphatic heterocycles. The van der Waals surface area contributed by atoms with Gasteiger partial charge in [-0.1, -0.05) is 12.5 Å². The van der Waals surface area contributed by atoms with E-state index in [2.05, 4.69) is 38.7 Å². The van der Waals surface area contributed by atoms with Gasteiger partial charge >= 0.3 is 0 Å². The van der Waals surface area contributed by atoms with Crippen molar-refractivity contribution in [2.75, 3.05) is 32.6 Å². The monoisotopic (exact) mass is 417 g/mol. The number of rotatable bonds is 5. The van der Waals surface area contributed by atoms with Crippen LogP contribution in [0.25, 0.3) is 11.0 Å². The third kappa shape index (κ3) is 4.46. The number of methoxy groups -OCH3 is 2. The second-order valence-corrected chi connectivity index (χ2v) is 7.14. The largest absolute Gasteiger partial charge is 0.497 e. The lowest BCUT2D eigenvalue weighted by Gasteiger charge is -2.15. The Morgan fingerprint density at radius 2 is 2.00 bits per heavy atom. The highest BCUT2D eigenvalue weighted by molar-refractivity contribution is 5.89. The number of amides is 1. The molecule has 1 amide bonds. The predicted molar refractivity (Wildman–Crippen MR) is 118 cm³/mol. The molecule has 4 rings (SSSR count). The van der Waals surface area contributed by atoms with Crippen LogP contribution in [-0.4, -0.2) is 59.1 Å². The molecule has 158 valence electrons. The van der Waals surface area contributed by atoms with Gasteiger partial charge in [-0.25, -0.2) is 9.97 Å². The van der Waals surface area contributed by atoms with Crippen LogP contribution in [0, 0.1) is 11.8 Å². The zero-order valence-corrected chi connectivity index (χ0v) is 17.4. The summed E-state index contributed by atoms with van der Waals surface area (Å²) >= 11 is 0. The Morgan fingerprint density at radius 3 is 2.71 bits per heavy atom. The predicted octanol–water partition coefficient (Wildman–Crippen LogP) is 2.57. The number of carbonyl (C=O) groups excluding carboxylic acids is 1. The third-order valence-electron chi connectivity index (χ3n) is 5.13. The van der Waals surface area contributed by atoms with Gasteiger partial charge in [-0.3, -0.25) is 4.79 Å². The smallest absolute Gasteiger partial charge is 0.246 e. The Balaban J connectivity index is 1.56. The van der Waals surface area contributed by atoms with Gasteiger partial charge < -0.3 is 24.7 Å². The Labute approximate surface area is 180 Å². The second-order valence-electron chi connectivity index (χ2n) is 7.14. The molecule has 2 aromatic heterocycles. The van der Waals surface area contributed by atoms with E-state index in [1.165, 1.54) is 12.4 Å². The molecule has 0 saturated carbocycles. The van der Waals surface area contributed by atoms with E-state index in [9.17, 15) is 4.79 Å². The molecule has 0 aliphatic carbocycles. The molecule has 0 unspecified atom stereocenters. The van der Waals surface area contributed by atoms with E-state index in [1.807, 2.05) is 18.2 Å². The van der Waals surface area contributed by atoms with Gasteiger partial charge in [0.25, 0.3) is 0 Å². The first-order valence-electron chi connectivity index (χ1n) is 9.86.